The fourth-order valence-corrected chi connectivity index (χ4v) is 4.43. The van der Waals surface area contributed by atoms with Crippen molar-refractivity contribution >= 4 is 41.4 Å². The maximum atomic E-state index is 13.2. The van der Waals surface area contributed by atoms with E-state index in [4.69, 9.17) is 5.73 Å². The number of carboxylic acid groups (broad SMARTS) is 1. The first-order valence-corrected chi connectivity index (χ1v) is 15.1. The summed E-state index contributed by atoms with van der Waals surface area (Å²) >= 11 is 1.41. The van der Waals surface area contributed by atoms with E-state index >= 15 is 0 Å². The molecule has 0 radical (unpaired) electrons. The average molecular weight is 634 g/mol. The zero-order valence-corrected chi connectivity index (χ0v) is 25.2. The first-order valence-electron chi connectivity index (χ1n) is 13.7. The van der Waals surface area contributed by atoms with Crippen molar-refractivity contribution in [3.05, 3.63) is 59.7 Å². The first-order chi connectivity index (χ1) is 20.8. The number of rotatable bonds is 17. The molecule has 0 heterocycles. The van der Waals surface area contributed by atoms with Crippen LogP contribution < -0.4 is 27.0 Å². The Morgan fingerprint density at radius 3 is 1.66 bits per heavy atom. The van der Waals surface area contributed by atoms with E-state index < -0.39 is 66.4 Å². The third-order valence-electron chi connectivity index (χ3n) is 6.53. The monoisotopic (exact) mass is 633 g/mol. The Morgan fingerprint density at radius 1 is 0.727 bits per heavy atom. The van der Waals surface area contributed by atoms with Gasteiger partial charge in [0.25, 0.3) is 0 Å². The second kappa shape index (κ2) is 17.7. The highest BCUT2D eigenvalue weighted by Crippen LogP contribution is 2.13. The zero-order chi connectivity index (χ0) is 32.8. The van der Waals surface area contributed by atoms with E-state index in [9.17, 15) is 44.4 Å². The van der Waals surface area contributed by atoms with Crippen LogP contribution in [0.25, 0.3) is 0 Å². The summed E-state index contributed by atoms with van der Waals surface area (Å²) in [5.41, 5.74) is 6.71. The fourth-order valence-electron chi connectivity index (χ4n) is 3.96. The molecule has 0 unspecified atom stereocenters. The minimum absolute atomic E-state index is 0.00137. The van der Waals surface area contributed by atoms with Gasteiger partial charge in [0, 0.05) is 12.8 Å². The van der Waals surface area contributed by atoms with Gasteiger partial charge in [-0.2, -0.15) is 11.8 Å². The molecule has 240 valence electrons. The van der Waals surface area contributed by atoms with Crippen molar-refractivity contribution in [1.29, 1.82) is 0 Å². The fraction of sp³-hybridized carbons (Fsp3) is 0.414. The predicted octanol–water partition coefficient (Wildman–Crippen LogP) is -1.00. The number of aromatic hydroxyl groups is 2. The molecule has 44 heavy (non-hydrogen) atoms. The molecule has 0 aliphatic rings. The van der Waals surface area contributed by atoms with Gasteiger partial charge in [0.05, 0.1) is 6.61 Å². The standard InChI is InChI=1S/C29H39N5O9S/c1-16(31-28(41)23(33-26(39)21(30)15-35)13-17-3-7-19(36)8-4-17)25(38)32-22(11-12-44-2)27(40)34-24(29(42)43)14-18-5-9-20(37)10-6-18/h3-10,16,21-24,35-37H,11-15,30H2,1-2H3,(H,31,41)(H,32,38)(H,33,39)(H,34,40)(H,42,43)/t16-,21-,22-,23-,24-/m0/s1. The normalized spacial score (nSPS) is 14.3. The van der Waals surface area contributed by atoms with Gasteiger partial charge in [-0.05, 0) is 60.7 Å². The van der Waals surface area contributed by atoms with Crippen LogP contribution in [0.2, 0.25) is 0 Å². The molecule has 15 heteroatoms. The van der Waals surface area contributed by atoms with E-state index in [1.54, 1.807) is 18.4 Å². The molecule has 0 spiro atoms. The maximum Gasteiger partial charge on any atom is 0.326 e. The van der Waals surface area contributed by atoms with Gasteiger partial charge < -0.3 is 47.4 Å². The number of aliphatic carboxylic acids is 1. The van der Waals surface area contributed by atoms with E-state index in [0.29, 0.717) is 16.9 Å². The van der Waals surface area contributed by atoms with Crippen molar-refractivity contribution in [1.82, 2.24) is 21.3 Å². The molecular weight excluding hydrogens is 594 g/mol. The van der Waals surface area contributed by atoms with Gasteiger partial charge in [0.1, 0.15) is 41.7 Å². The number of hydrogen-bond acceptors (Lipinski definition) is 10. The molecule has 0 aromatic heterocycles. The van der Waals surface area contributed by atoms with Gasteiger partial charge in [-0.1, -0.05) is 24.3 Å². The third-order valence-corrected chi connectivity index (χ3v) is 7.17. The number of hydrogen-bond donors (Lipinski definition) is 9. The number of aliphatic hydroxyl groups is 1. The lowest BCUT2D eigenvalue weighted by molar-refractivity contribution is -0.142. The molecule has 0 saturated heterocycles. The number of thioether (sulfide) groups is 1. The number of carbonyl (C=O) groups excluding carboxylic acids is 4. The van der Waals surface area contributed by atoms with Crippen molar-refractivity contribution in [3.8, 4) is 11.5 Å². The summed E-state index contributed by atoms with van der Waals surface area (Å²) in [5, 5.41) is 47.9. The Morgan fingerprint density at radius 2 is 1.18 bits per heavy atom. The first kappa shape index (κ1) is 35.9. The molecule has 0 aliphatic heterocycles. The highest BCUT2D eigenvalue weighted by atomic mass is 32.2. The number of phenolic OH excluding ortho intramolecular Hbond substituents is 2. The molecule has 0 saturated carbocycles. The van der Waals surface area contributed by atoms with Crippen LogP contribution in [0, 0.1) is 0 Å². The lowest BCUT2D eigenvalue weighted by Gasteiger charge is -2.25. The highest BCUT2D eigenvalue weighted by molar-refractivity contribution is 7.98. The van der Waals surface area contributed by atoms with E-state index in [-0.39, 0.29) is 30.8 Å². The SMILES string of the molecule is CSCC[C@H](NC(=O)[C@H](C)NC(=O)[C@H](Cc1ccc(O)cc1)NC(=O)[C@@H](N)CO)C(=O)N[C@@H](Cc1ccc(O)cc1)C(=O)O. The molecule has 2 aromatic carbocycles. The van der Waals surface area contributed by atoms with E-state index in [1.807, 2.05) is 0 Å². The minimum Gasteiger partial charge on any atom is -0.508 e. The van der Waals surface area contributed by atoms with Crippen LogP contribution in [0.1, 0.15) is 24.5 Å². The number of benzene rings is 2. The molecule has 14 nitrogen and oxygen atoms in total. The highest BCUT2D eigenvalue weighted by Gasteiger charge is 2.30. The number of aliphatic hydroxyl groups excluding tert-OH is 1. The topological polar surface area (TPSA) is 240 Å². The van der Waals surface area contributed by atoms with Crippen molar-refractivity contribution < 1.29 is 44.4 Å². The predicted molar refractivity (Wildman–Crippen MR) is 163 cm³/mol. The summed E-state index contributed by atoms with van der Waals surface area (Å²) in [6, 6.07) is 5.66. The largest absolute Gasteiger partial charge is 0.508 e. The Hall–Kier alpha value is -4.34. The lowest BCUT2D eigenvalue weighted by atomic mass is 10.0. The molecule has 10 N–H and O–H groups in total. The van der Waals surface area contributed by atoms with Crippen molar-refractivity contribution in [2.45, 2.75) is 56.4 Å². The third kappa shape index (κ3) is 11.7. The van der Waals surface area contributed by atoms with Gasteiger partial charge >= 0.3 is 5.97 Å². The van der Waals surface area contributed by atoms with Crippen LogP contribution in [-0.4, -0.2) is 98.8 Å². The van der Waals surface area contributed by atoms with Gasteiger partial charge in [-0.25, -0.2) is 4.79 Å². The van der Waals surface area contributed by atoms with Crippen LogP contribution in [0.5, 0.6) is 11.5 Å². The number of phenols is 2. The van der Waals surface area contributed by atoms with Gasteiger partial charge in [0.2, 0.25) is 23.6 Å². The van der Waals surface area contributed by atoms with Crippen molar-refractivity contribution in [2.75, 3.05) is 18.6 Å². The number of amides is 4. The Labute approximate surface area is 258 Å². The Kier molecular flexibility index (Phi) is 14.4. The lowest BCUT2D eigenvalue weighted by Crippen LogP contribution is -2.58. The summed E-state index contributed by atoms with van der Waals surface area (Å²) in [4.78, 5) is 63.6. The average Bonchev–Trinajstić information content (AvgIpc) is 2.99. The maximum absolute atomic E-state index is 13.2. The number of nitrogens with two attached hydrogens (primary N) is 1. The van der Waals surface area contributed by atoms with E-state index in [0.717, 1.165) is 0 Å². The summed E-state index contributed by atoms with van der Waals surface area (Å²) < 4.78 is 0. The molecule has 2 rings (SSSR count). The summed E-state index contributed by atoms with van der Waals surface area (Å²) in [7, 11) is 0. The van der Waals surface area contributed by atoms with E-state index in [2.05, 4.69) is 21.3 Å². The molecule has 0 bridgehead atoms. The molecule has 2 aromatic rings. The van der Waals surface area contributed by atoms with Crippen LogP contribution in [0.15, 0.2) is 48.5 Å². The van der Waals surface area contributed by atoms with Gasteiger partial charge in [0.15, 0.2) is 0 Å². The molecule has 4 amide bonds. The Bertz CT molecular complexity index is 1280. The summed E-state index contributed by atoms with van der Waals surface area (Å²) in [6.07, 6.45) is 1.88. The summed E-state index contributed by atoms with van der Waals surface area (Å²) in [5.74, 6) is -3.82. The van der Waals surface area contributed by atoms with Crippen LogP contribution in [0.4, 0.5) is 0 Å². The zero-order valence-electron chi connectivity index (χ0n) is 24.4. The van der Waals surface area contributed by atoms with Crippen LogP contribution in [0.3, 0.4) is 0 Å². The summed E-state index contributed by atoms with van der Waals surface area (Å²) in [6.45, 7) is 0.718. The molecule has 0 fully saturated rings. The van der Waals surface area contributed by atoms with Crippen molar-refractivity contribution in [2.24, 2.45) is 5.73 Å². The van der Waals surface area contributed by atoms with Crippen molar-refractivity contribution in [3.63, 3.8) is 0 Å². The number of carbonyl (C=O) groups is 5. The van der Waals surface area contributed by atoms with E-state index in [1.165, 1.54) is 55.1 Å². The Balaban J connectivity index is 2.12. The smallest absolute Gasteiger partial charge is 0.326 e. The minimum atomic E-state index is -1.31. The van der Waals surface area contributed by atoms with Crippen LogP contribution >= 0.6 is 11.8 Å². The quantitative estimate of drug-likeness (QED) is 0.102. The number of nitrogens with one attached hydrogen (secondary N) is 4. The second-order valence-electron chi connectivity index (χ2n) is 10.1. The molecule has 5 atom stereocenters. The van der Waals surface area contributed by atoms with Gasteiger partial charge in [-0.15, -0.1) is 0 Å². The second-order valence-corrected chi connectivity index (χ2v) is 11.0. The molecule has 0 aliphatic carbocycles. The van der Waals surface area contributed by atoms with Crippen LogP contribution in [-0.2, 0) is 36.8 Å². The van der Waals surface area contributed by atoms with Gasteiger partial charge in [-0.3, -0.25) is 19.2 Å². The molecular formula is C29H39N5O9S. The number of carboxylic acids is 1.